The zero-order valence-electron chi connectivity index (χ0n) is 12.9. The molecule has 0 amide bonds. The van der Waals surface area contributed by atoms with Crippen LogP contribution in [0, 0.1) is 5.92 Å². The van der Waals surface area contributed by atoms with Crippen LogP contribution in [0.4, 0.5) is 0 Å². The van der Waals surface area contributed by atoms with Crippen molar-refractivity contribution in [2.24, 2.45) is 5.92 Å². The van der Waals surface area contributed by atoms with Crippen LogP contribution in [0.3, 0.4) is 0 Å². The van der Waals surface area contributed by atoms with Gasteiger partial charge in [0.15, 0.2) is 0 Å². The largest absolute Gasteiger partial charge is 0.314 e. The van der Waals surface area contributed by atoms with E-state index in [4.69, 9.17) is 0 Å². The van der Waals surface area contributed by atoms with Gasteiger partial charge in [-0.25, -0.2) is 4.68 Å². The number of nitrogens with one attached hydrogen (secondary N) is 1. The quantitative estimate of drug-likeness (QED) is 0.917. The van der Waals surface area contributed by atoms with Gasteiger partial charge >= 0.3 is 0 Å². The van der Waals surface area contributed by atoms with Crippen LogP contribution in [0.5, 0.6) is 0 Å². The lowest BCUT2D eigenvalue weighted by Gasteiger charge is -2.22. The molecule has 1 saturated carbocycles. The lowest BCUT2D eigenvalue weighted by Crippen LogP contribution is -2.33. The summed E-state index contributed by atoms with van der Waals surface area (Å²) < 4.78 is 2.00. The third kappa shape index (κ3) is 2.86. The summed E-state index contributed by atoms with van der Waals surface area (Å²) in [5.74, 6) is 1.16. The number of nitrogens with zero attached hydrogens (tertiary/aromatic N) is 3. The van der Waals surface area contributed by atoms with Crippen molar-refractivity contribution in [3.63, 3.8) is 0 Å². The lowest BCUT2D eigenvalue weighted by molar-refractivity contribution is 0.398. The van der Waals surface area contributed by atoms with E-state index in [0.717, 1.165) is 12.2 Å². The summed E-state index contributed by atoms with van der Waals surface area (Å²) in [5, 5.41) is 12.1. The van der Waals surface area contributed by atoms with E-state index in [1.807, 2.05) is 29.1 Å². The molecule has 3 rings (SSSR count). The van der Waals surface area contributed by atoms with Crippen molar-refractivity contribution in [1.29, 1.82) is 0 Å². The van der Waals surface area contributed by atoms with Gasteiger partial charge in [0.1, 0.15) is 0 Å². The molecule has 112 valence electrons. The van der Waals surface area contributed by atoms with Gasteiger partial charge in [-0.1, -0.05) is 37.3 Å². The second-order valence-corrected chi connectivity index (χ2v) is 6.01. The van der Waals surface area contributed by atoms with Crippen LogP contribution in [0.15, 0.2) is 36.5 Å². The summed E-state index contributed by atoms with van der Waals surface area (Å²) in [6, 6.07) is 10.9. The number of hydrogen-bond acceptors (Lipinski definition) is 3. The molecule has 2 aromatic rings. The van der Waals surface area contributed by atoms with Crippen molar-refractivity contribution in [2.45, 2.75) is 45.1 Å². The summed E-state index contributed by atoms with van der Waals surface area (Å²) in [4.78, 5) is 0. The number of aromatic nitrogens is 3. The molecule has 4 heteroatoms. The van der Waals surface area contributed by atoms with Crippen LogP contribution in [0.25, 0.3) is 5.69 Å². The predicted octanol–water partition coefficient (Wildman–Crippen LogP) is 3.15. The Labute approximate surface area is 126 Å². The molecular weight excluding hydrogens is 260 g/mol. The van der Waals surface area contributed by atoms with Gasteiger partial charge in [0.2, 0.25) is 0 Å². The minimum absolute atomic E-state index is 0.537. The molecule has 1 aliphatic rings. The molecule has 4 nitrogen and oxygen atoms in total. The molecule has 1 aromatic carbocycles. The molecule has 0 saturated heterocycles. The lowest BCUT2D eigenvalue weighted by atomic mass is 9.93. The first-order valence-corrected chi connectivity index (χ1v) is 8.00. The first kappa shape index (κ1) is 14.3. The Kier molecular flexibility index (Phi) is 4.34. The van der Waals surface area contributed by atoms with Crippen LogP contribution in [0.1, 0.15) is 44.7 Å². The topological polar surface area (TPSA) is 42.7 Å². The maximum Gasteiger partial charge on any atom is 0.0732 e. The van der Waals surface area contributed by atoms with Gasteiger partial charge < -0.3 is 5.32 Å². The SMILES string of the molecule is CCCNC1CCC(c2cnnn2-c2ccccc2)C1C. The molecule has 1 aliphatic carbocycles. The van der Waals surface area contributed by atoms with E-state index in [9.17, 15) is 0 Å². The number of para-hydroxylation sites is 1. The van der Waals surface area contributed by atoms with Gasteiger partial charge in [-0.15, -0.1) is 5.10 Å². The van der Waals surface area contributed by atoms with Gasteiger partial charge in [-0.05, 0) is 43.9 Å². The minimum atomic E-state index is 0.537. The molecule has 0 aliphatic heterocycles. The van der Waals surface area contributed by atoms with Gasteiger partial charge in [0.25, 0.3) is 0 Å². The summed E-state index contributed by atoms with van der Waals surface area (Å²) >= 11 is 0. The van der Waals surface area contributed by atoms with E-state index in [1.54, 1.807) is 0 Å². The summed E-state index contributed by atoms with van der Waals surface area (Å²) in [6.45, 7) is 5.68. The third-order valence-electron chi connectivity index (χ3n) is 4.67. The molecule has 1 N–H and O–H groups in total. The van der Waals surface area contributed by atoms with Crippen LogP contribution in [-0.4, -0.2) is 27.6 Å². The van der Waals surface area contributed by atoms with Gasteiger partial charge in [0, 0.05) is 12.0 Å². The van der Waals surface area contributed by atoms with E-state index in [1.165, 1.54) is 25.0 Å². The van der Waals surface area contributed by atoms with Gasteiger partial charge in [-0.3, -0.25) is 0 Å². The fourth-order valence-corrected chi connectivity index (χ4v) is 3.47. The molecule has 0 spiro atoms. The summed E-state index contributed by atoms with van der Waals surface area (Å²) in [7, 11) is 0. The van der Waals surface area contributed by atoms with Crippen molar-refractivity contribution in [3.05, 3.63) is 42.2 Å². The first-order valence-electron chi connectivity index (χ1n) is 8.00. The molecular formula is C17H24N4. The molecule has 1 heterocycles. The maximum atomic E-state index is 4.30. The third-order valence-corrected chi connectivity index (χ3v) is 4.67. The maximum absolute atomic E-state index is 4.30. The van der Waals surface area contributed by atoms with Gasteiger partial charge in [0.05, 0.1) is 17.6 Å². The number of benzene rings is 1. The molecule has 3 atom stereocenters. The van der Waals surface area contributed by atoms with Crippen LogP contribution < -0.4 is 5.32 Å². The zero-order valence-corrected chi connectivity index (χ0v) is 12.9. The van der Waals surface area contributed by atoms with Crippen molar-refractivity contribution >= 4 is 0 Å². The first-order chi connectivity index (χ1) is 10.3. The highest BCUT2D eigenvalue weighted by Gasteiger charge is 2.35. The highest BCUT2D eigenvalue weighted by molar-refractivity contribution is 5.32. The van der Waals surface area contributed by atoms with Crippen molar-refractivity contribution in [2.75, 3.05) is 6.54 Å². The average Bonchev–Trinajstić information content (AvgIpc) is 3.13. The Bertz CT molecular complexity index is 563. The second-order valence-electron chi connectivity index (χ2n) is 6.01. The van der Waals surface area contributed by atoms with E-state index < -0.39 is 0 Å². The normalized spacial score (nSPS) is 25.3. The second kappa shape index (κ2) is 6.39. The standard InChI is InChI=1S/C17H24N4/c1-3-11-18-16-10-9-15(13(16)2)17-12-19-20-21(17)14-7-5-4-6-8-14/h4-8,12-13,15-16,18H,3,9-11H2,1-2H3. The molecule has 1 fully saturated rings. The Morgan fingerprint density at radius 3 is 2.81 bits per heavy atom. The molecule has 3 unspecified atom stereocenters. The fraction of sp³-hybridized carbons (Fsp3) is 0.529. The smallest absolute Gasteiger partial charge is 0.0732 e. The minimum Gasteiger partial charge on any atom is -0.314 e. The van der Waals surface area contributed by atoms with Crippen molar-refractivity contribution in [3.8, 4) is 5.69 Å². The Morgan fingerprint density at radius 2 is 2.05 bits per heavy atom. The predicted molar refractivity (Wildman–Crippen MR) is 84.6 cm³/mol. The van der Waals surface area contributed by atoms with Crippen molar-refractivity contribution < 1.29 is 0 Å². The Morgan fingerprint density at radius 1 is 1.24 bits per heavy atom. The molecule has 1 aromatic heterocycles. The summed E-state index contributed by atoms with van der Waals surface area (Å²) in [5.41, 5.74) is 2.34. The van der Waals surface area contributed by atoms with Crippen LogP contribution in [-0.2, 0) is 0 Å². The molecule has 0 radical (unpaired) electrons. The monoisotopic (exact) mass is 284 g/mol. The zero-order chi connectivity index (χ0) is 14.7. The number of rotatable bonds is 5. The Hall–Kier alpha value is -1.68. The highest BCUT2D eigenvalue weighted by Crippen LogP contribution is 2.39. The molecule has 21 heavy (non-hydrogen) atoms. The van der Waals surface area contributed by atoms with Crippen LogP contribution in [0.2, 0.25) is 0 Å². The van der Waals surface area contributed by atoms with E-state index in [0.29, 0.717) is 17.9 Å². The van der Waals surface area contributed by atoms with E-state index in [-0.39, 0.29) is 0 Å². The van der Waals surface area contributed by atoms with E-state index in [2.05, 4.69) is 41.6 Å². The number of hydrogen-bond donors (Lipinski definition) is 1. The highest BCUT2D eigenvalue weighted by atomic mass is 15.4. The van der Waals surface area contributed by atoms with E-state index >= 15 is 0 Å². The Balaban J connectivity index is 1.81. The van der Waals surface area contributed by atoms with Gasteiger partial charge in [-0.2, -0.15) is 0 Å². The van der Waals surface area contributed by atoms with Crippen LogP contribution >= 0.6 is 0 Å². The average molecular weight is 284 g/mol. The van der Waals surface area contributed by atoms with Crippen molar-refractivity contribution in [1.82, 2.24) is 20.3 Å². The fourth-order valence-electron chi connectivity index (χ4n) is 3.47. The summed E-state index contributed by atoms with van der Waals surface area (Å²) in [6.07, 6.45) is 5.59. The molecule has 0 bridgehead atoms.